The molecule has 5 rings (SSSR count). The van der Waals surface area contributed by atoms with Crippen molar-refractivity contribution >= 4 is 44.7 Å². The van der Waals surface area contributed by atoms with Gasteiger partial charge in [0, 0.05) is 24.5 Å². The number of unbranched alkanes of at least 4 members (excludes halogenated alkanes) is 4. The molecule has 2 aromatic rings. The van der Waals surface area contributed by atoms with Crippen LogP contribution in [0.4, 0.5) is 0 Å². The van der Waals surface area contributed by atoms with Gasteiger partial charge in [0.05, 0.1) is 30.1 Å². The Labute approximate surface area is 260 Å². The highest BCUT2D eigenvalue weighted by Crippen LogP contribution is 2.60. The predicted molar refractivity (Wildman–Crippen MR) is 163 cm³/mol. The lowest BCUT2D eigenvalue weighted by atomic mass is 9.70. The van der Waals surface area contributed by atoms with Crippen LogP contribution < -0.4 is 0 Å². The van der Waals surface area contributed by atoms with Gasteiger partial charge in [0.2, 0.25) is 11.8 Å². The van der Waals surface area contributed by atoms with E-state index in [-0.39, 0.29) is 43.1 Å². The van der Waals surface area contributed by atoms with E-state index in [1.165, 1.54) is 0 Å². The van der Waals surface area contributed by atoms with E-state index >= 15 is 0 Å². The molecule has 1 spiro atoms. The van der Waals surface area contributed by atoms with Gasteiger partial charge in [0.25, 0.3) is 0 Å². The molecule has 0 saturated carbocycles. The highest BCUT2D eigenvalue weighted by atomic mass is 79.9. The maximum absolute atomic E-state index is 14.6. The molecule has 4 heterocycles. The van der Waals surface area contributed by atoms with Crippen LogP contribution in [-0.4, -0.2) is 96.6 Å². The molecule has 1 aromatic heterocycles. The number of aliphatic hydroxyl groups is 1. The summed E-state index contributed by atoms with van der Waals surface area (Å²) in [6.45, 7) is 8.59. The fourth-order valence-corrected chi connectivity index (χ4v) is 7.84. The molecule has 12 heteroatoms. The molecule has 11 nitrogen and oxygen atoms in total. The van der Waals surface area contributed by atoms with E-state index in [2.05, 4.69) is 39.4 Å². The van der Waals surface area contributed by atoms with E-state index in [0.29, 0.717) is 44.2 Å². The van der Waals surface area contributed by atoms with E-state index in [1.54, 1.807) is 26.6 Å². The van der Waals surface area contributed by atoms with Crippen molar-refractivity contribution in [3.8, 4) is 0 Å². The van der Waals surface area contributed by atoms with Crippen molar-refractivity contribution in [2.24, 2.45) is 11.8 Å². The molecule has 6 atom stereocenters. The number of rotatable bonds is 16. The average Bonchev–Trinajstić information content (AvgIpc) is 3.72. The first-order valence-corrected chi connectivity index (χ1v) is 16.0. The van der Waals surface area contributed by atoms with Crippen LogP contribution in [0.5, 0.6) is 0 Å². The van der Waals surface area contributed by atoms with Crippen molar-refractivity contribution in [1.29, 1.82) is 0 Å². The van der Waals surface area contributed by atoms with Crippen molar-refractivity contribution < 1.29 is 29.0 Å². The Bertz CT molecular complexity index is 1350. The van der Waals surface area contributed by atoms with Crippen LogP contribution >= 0.6 is 15.9 Å². The van der Waals surface area contributed by atoms with E-state index in [1.807, 2.05) is 24.3 Å². The summed E-state index contributed by atoms with van der Waals surface area (Å²) in [7, 11) is 0. The first-order chi connectivity index (χ1) is 20.9. The van der Waals surface area contributed by atoms with Crippen molar-refractivity contribution in [2.45, 2.75) is 74.2 Å². The lowest BCUT2D eigenvalue weighted by Gasteiger charge is -2.37. The van der Waals surface area contributed by atoms with E-state index in [4.69, 9.17) is 9.47 Å². The minimum atomic E-state index is -1.17. The van der Waals surface area contributed by atoms with Crippen molar-refractivity contribution in [1.82, 2.24) is 24.8 Å². The van der Waals surface area contributed by atoms with Gasteiger partial charge in [-0.05, 0) is 44.2 Å². The summed E-state index contributed by atoms with van der Waals surface area (Å²) in [6.07, 6.45) is 7.56. The quantitative estimate of drug-likeness (QED) is 0.126. The average molecular weight is 659 g/mol. The minimum absolute atomic E-state index is 0.108. The smallest absolute Gasteiger partial charge is 0.312 e. The molecule has 3 aliphatic rings. The van der Waals surface area contributed by atoms with Crippen molar-refractivity contribution in [2.75, 3.05) is 26.3 Å². The number of esters is 1. The fraction of sp³-hybridized carbons (Fsp3) is 0.581. The van der Waals surface area contributed by atoms with Gasteiger partial charge < -0.3 is 24.4 Å². The standard InChI is InChI=1S/C31H40BrN5O6/c1-3-5-12-18-42-30(41)24-25-28(39)36(16-10-6-7-11-17-38)27(31(25)19-21(32)26(24)43-31)29(40)35(15-4-2)20-37-23-14-9-8-13-22(23)33-34-37/h3-4,8-9,13-14,21,24-27,38H,1-2,5-7,10-12,15-20H2/t21?,24-,25-,26-,27?,31?/m0/s1. The van der Waals surface area contributed by atoms with Gasteiger partial charge in [0.15, 0.2) is 0 Å². The van der Waals surface area contributed by atoms with Crippen molar-refractivity contribution in [3.63, 3.8) is 0 Å². The zero-order valence-electron chi connectivity index (χ0n) is 24.4. The van der Waals surface area contributed by atoms with E-state index < -0.39 is 35.6 Å². The summed E-state index contributed by atoms with van der Waals surface area (Å²) in [5.41, 5.74) is 0.316. The van der Waals surface area contributed by atoms with Gasteiger partial charge in [-0.25, -0.2) is 4.68 Å². The molecular weight excluding hydrogens is 618 g/mol. The third-order valence-electron chi connectivity index (χ3n) is 8.79. The Balaban J connectivity index is 1.46. The van der Waals surface area contributed by atoms with Crippen molar-refractivity contribution in [3.05, 3.63) is 49.6 Å². The Morgan fingerprint density at radius 3 is 2.74 bits per heavy atom. The maximum Gasteiger partial charge on any atom is 0.312 e. The maximum atomic E-state index is 14.6. The van der Waals surface area contributed by atoms with E-state index in [9.17, 15) is 19.5 Å². The number of aromatic nitrogens is 3. The van der Waals surface area contributed by atoms with Gasteiger partial charge in [-0.2, -0.15) is 0 Å². The van der Waals surface area contributed by atoms with Gasteiger partial charge in [0.1, 0.15) is 23.8 Å². The third kappa shape index (κ3) is 5.88. The van der Waals surface area contributed by atoms with Crippen LogP contribution in [0.3, 0.4) is 0 Å². The number of hydrogen-bond donors (Lipinski definition) is 1. The second-order valence-electron chi connectivity index (χ2n) is 11.5. The number of para-hydroxylation sites is 1. The van der Waals surface area contributed by atoms with Crippen LogP contribution in [-0.2, 0) is 30.5 Å². The fourth-order valence-electron chi connectivity index (χ4n) is 6.89. The summed E-state index contributed by atoms with van der Waals surface area (Å²) in [4.78, 5) is 45.3. The molecule has 2 bridgehead atoms. The summed E-state index contributed by atoms with van der Waals surface area (Å²) in [6, 6.07) is 6.58. The van der Waals surface area contributed by atoms with Crippen LogP contribution in [0, 0.1) is 11.8 Å². The molecule has 3 aliphatic heterocycles. The molecule has 3 fully saturated rings. The zero-order valence-corrected chi connectivity index (χ0v) is 25.9. The van der Waals surface area contributed by atoms with Gasteiger partial charge in [-0.1, -0.05) is 58.3 Å². The largest absolute Gasteiger partial charge is 0.465 e. The summed E-state index contributed by atoms with van der Waals surface area (Å²) < 4.78 is 13.9. The first-order valence-electron chi connectivity index (χ1n) is 15.1. The number of fused-ring (bicyclic) bond motifs is 2. The van der Waals surface area contributed by atoms with E-state index in [0.717, 1.165) is 18.4 Å². The monoisotopic (exact) mass is 657 g/mol. The number of allylic oxidation sites excluding steroid dienone is 1. The molecule has 0 aliphatic carbocycles. The Morgan fingerprint density at radius 1 is 1.19 bits per heavy atom. The molecule has 3 saturated heterocycles. The second kappa shape index (κ2) is 13.7. The number of alkyl halides is 1. The number of carbonyl (C=O) groups excluding carboxylic acids is 3. The van der Waals surface area contributed by atoms with Crippen LogP contribution in [0.1, 0.15) is 44.9 Å². The van der Waals surface area contributed by atoms with Gasteiger partial charge in [-0.15, -0.1) is 18.3 Å². The SMILES string of the molecule is C=CCCCOC(=O)[C@H]1[C@H]2C(=O)N(CCCCCCO)C(C(=O)N(CC=C)Cn3nnc4ccccc43)C23CC(Br)[C@@H]1O3. The lowest BCUT2D eigenvalue weighted by Crippen LogP contribution is -2.57. The third-order valence-corrected chi connectivity index (χ3v) is 9.63. The molecule has 2 amide bonds. The minimum Gasteiger partial charge on any atom is -0.465 e. The Kier molecular flexibility index (Phi) is 9.98. The van der Waals surface area contributed by atoms with Crippen LogP contribution in [0.2, 0.25) is 0 Å². The number of aliphatic hydroxyl groups excluding tert-OH is 1. The normalized spacial score (nSPS) is 27.4. The predicted octanol–water partition coefficient (Wildman–Crippen LogP) is 3.21. The number of halogens is 1. The number of benzene rings is 1. The lowest BCUT2D eigenvalue weighted by molar-refractivity contribution is -0.155. The number of likely N-dealkylation sites (tertiary alicyclic amines) is 1. The molecule has 43 heavy (non-hydrogen) atoms. The first kappa shape index (κ1) is 31.3. The summed E-state index contributed by atoms with van der Waals surface area (Å²) >= 11 is 3.71. The summed E-state index contributed by atoms with van der Waals surface area (Å²) in [5.74, 6) is -2.63. The molecular formula is C31H40BrN5O6. The number of carbonyl (C=O) groups is 3. The highest BCUT2D eigenvalue weighted by molar-refractivity contribution is 9.09. The van der Waals surface area contributed by atoms with Gasteiger partial charge >= 0.3 is 5.97 Å². The Hall–Kier alpha value is -3.09. The molecule has 0 radical (unpaired) electrons. The number of hydrogen-bond acceptors (Lipinski definition) is 8. The number of amides is 2. The second-order valence-corrected chi connectivity index (χ2v) is 12.7. The molecule has 232 valence electrons. The van der Waals surface area contributed by atoms with Crippen LogP contribution in [0.25, 0.3) is 11.0 Å². The van der Waals surface area contributed by atoms with Gasteiger partial charge in [-0.3, -0.25) is 14.4 Å². The highest BCUT2D eigenvalue weighted by Gasteiger charge is 2.77. The number of nitrogens with zero attached hydrogens (tertiary/aromatic N) is 5. The Morgan fingerprint density at radius 2 is 1.98 bits per heavy atom. The molecule has 1 aromatic carbocycles. The molecule has 3 unspecified atom stereocenters. The van der Waals surface area contributed by atoms with Crippen LogP contribution in [0.15, 0.2) is 49.6 Å². The number of ether oxygens (including phenoxy) is 2. The zero-order chi connectivity index (χ0) is 30.6. The molecule has 1 N–H and O–H groups in total. The summed E-state index contributed by atoms with van der Waals surface area (Å²) in [5, 5.41) is 17.7. The topological polar surface area (TPSA) is 127 Å².